The maximum atomic E-state index is 4.82. The van der Waals surface area contributed by atoms with E-state index in [0.717, 1.165) is 13.0 Å². The molecule has 0 saturated carbocycles. The third-order valence-corrected chi connectivity index (χ3v) is 5.24. The van der Waals surface area contributed by atoms with Crippen molar-refractivity contribution in [1.29, 1.82) is 0 Å². The molecule has 110 valence electrons. The zero-order chi connectivity index (χ0) is 14.8. The van der Waals surface area contributed by atoms with Gasteiger partial charge < -0.3 is 5.32 Å². The van der Waals surface area contributed by atoms with E-state index in [1.54, 1.807) is 11.3 Å². The van der Waals surface area contributed by atoms with Crippen LogP contribution in [0.3, 0.4) is 0 Å². The average molecular weight is 309 g/mol. The van der Waals surface area contributed by atoms with Gasteiger partial charge in [0.15, 0.2) is 0 Å². The number of thiophene rings is 1. The van der Waals surface area contributed by atoms with Gasteiger partial charge >= 0.3 is 0 Å². The fourth-order valence-corrected chi connectivity index (χ4v) is 4.10. The first-order valence-electron chi connectivity index (χ1n) is 7.14. The zero-order valence-corrected chi connectivity index (χ0v) is 14.6. The van der Waals surface area contributed by atoms with Gasteiger partial charge in [-0.1, -0.05) is 27.7 Å². The molecule has 0 bridgehead atoms. The van der Waals surface area contributed by atoms with E-state index >= 15 is 0 Å². The number of hydrogen-bond donors (Lipinski definition) is 1. The highest BCUT2D eigenvalue weighted by Gasteiger charge is 2.20. The number of aryl methyl sites for hydroxylation is 1. The van der Waals surface area contributed by atoms with E-state index in [1.165, 1.54) is 20.5 Å². The van der Waals surface area contributed by atoms with Crippen molar-refractivity contribution in [2.45, 2.75) is 52.5 Å². The van der Waals surface area contributed by atoms with E-state index in [0.29, 0.717) is 6.04 Å². The highest BCUT2D eigenvalue weighted by atomic mass is 32.1. The molecule has 2 aromatic heterocycles. The predicted molar refractivity (Wildman–Crippen MR) is 90.0 cm³/mol. The molecule has 2 heterocycles. The molecule has 0 spiro atoms. The molecule has 1 unspecified atom stereocenters. The van der Waals surface area contributed by atoms with Gasteiger partial charge in [0.2, 0.25) is 0 Å². The summed E-state index contributed by atoms with van der Waals surface area (Å²) in [5, 5.41) is 7.02. The number of nitrogens with one attached hydrogen (secondary N) is 1. The highest BCUT2D eigenvalue weighted by Crippen LogP contribution is 2.29. The molecule has 20 heavy (non-hydrogen) atoms. The van der Waals surface area contributed by atoms with Gasteiger partial charge in [-0.2, -0.15) is 0 Å². The number of rotatable bonds is 5. The number of likely N-dealkylation sites (N-methyl/N-ethyl adjacent to an activating group) is 1. The van der Waals surface area contributed by atoms with Crippen molar-refractivity contribution in [2.24, 2.45) is 0 Å². The zero-order valence-electron chi connectivity index (χ0n) is 13.0. The topological polar surface area (TPSA) is 24.9 Å². The van der Waals surface area contributed by atoms with E-state index < -0.39 is 0 Å². The van der Waals surface area contributed by atoms with Crippen LogP contribution < -0.4 is 5.32 Å². The minimum atomic E-state index is 0.141. The Hall–Kier alpha value is -0.710. The summed E-state index contributed by atoms with van der Waals surface area (Å²) >= 11 is 3.67. The van der Waals surface area contributed by atoms with Gasteiger partial charge in [0.25, 0.3) is 0 Å². The van der Waals surface area contributed by atoms with Crippen molar-refractivity contribution in [2.75, 3.05) is 6.54 Å². The van der Waals surface area contributed by atoms with Gasteiger partial charge in [-0.05, 0) is 25.6 Å². The fourth-order valence-electron chi connectivity index (χ4n) is 2.08. The number of aromatic nitrogens is 1. The Bertz CT molecular complexity index is 549. The maximum absolute atomic E-state index is 4.82. The monoisotopic (exact) mass is 308 g/mol. The first-order valence-corrected chi connectivity index (χ1v) is 8.84. The standard InChI is InChI=1S/C16H24N2S2/c1-6-17-12(13-8-7-11(2)20-13)9-15-18-14(10-19-15)16(3,4)5/h7-8,10,12,17H,6,9H2,1-5H3. The van der Waals surface area contributed by atoms with Gasteiger partial charge in [-0.25, -0.2) is 4.98 Å². The van der Waals surface area contributed by atoms with Gasteiger partial charge in [0.1, 0.15) is 0 Å². The van der Waals surface area contributed by atoms with E-state index in [-0.39, 0.29) is 5.41 Å². The summed E-state index contributed by atoms with van der Waals surface area (Å²) in [4.78, 5) is 7.61. The Morgan fingerprint density at radius 2 is 2.05 bits per heavy atom. The lowest BCUT2D eigenvalue weighted by Gasteiger charge is -2.16. The largest absolute Gasteiger partial charge is 0.309 e. The Kier molecular flexibility index (Phi) is 4.99. The van der Waals surface area contributed by atoms with Crippen LogP contribution in [-0.2, 0) is 11.8 Å². The minimum absolute atomic E-state index is 0.141. The van der Waals surface area contributed by atoms with E-state index in [1.807, 2.05) is 11.3 Å². The maximum Gasteiger partial charge on any atom is 0.0947 e. The van der Waals surface area contributed by atoms with Crippen molar-refractivity contribution in [3.8, 4) is 0 Å². The van der Waals surface area contributed by atoms with Crippen molar-refractivity contribution < 1.29 is 0 Å². The Balaban J connectivity index is 2.14. The first kappa shape index (κ1) is 15.7. The Morgan fingerprint density at radius 1 is 1.30 bits per heavy atom. The second-order valence-corrected chi connectivity index (χ2v) is 8.40. The van der Waals surface area contributed by atoms with Crippen LogP contribution in [0, 0.1) is 6.92 Å². The molecule has 0 radical (unpaired) electrons. The van der Waals surface area contributed by atoms with Crippen LogP contribution in [0.5, 0.6) is 0 Å². The third kappa shape index (κ3) is 3.90. The summed E-state index contributed by atoms with van der Waals surface area (Å²) in [6, 6.07) is 4.83. The van der Waals surface area contributed by atoms with Crippen LogP contribution in [0.25, 0.3) is 0 Å². The second-order valence-electron chi connectivity index (χ2n) is 6.14. The summed E-state index contributed by atoms with van der Waals surface area (Å²) in [6.45, 7) is 12.0. The predicted octanol–water partition coefficient (Wildman–Crippen LogP) is 4.70. The van der Waals surface area contributed by atoms with Crippen LogP contribution in [0.1, 0.15) is 54.2 Å². The molecule has 0 saturated heterocycles. The quantitative estimate of drug-likeness (QED) is 0.865. The molecule has 0 aromatic carbocycles. The average Bonchev–Trinajstić information content (AvgIpc) is 2.96. The lowest BCUT2D eigenvalue weighted by molar-refractivity contribution is 0.545. The van der Waals surface area contributed by atoms with Crippen molar-refractivity contribution >= 4 is 22.7 Å². The summed E-state index contributed by atoms with van der Waals surface area (Å²) < 4.78 is 0. The van der Waals surface area contributed by atoms with E-state index in [2.05, 4.69) is 57.4 Å². The molecule has 2 aromatic rings. The van der Waals surface area contributed by atoms with Gasteiger partial charge in [0.05, 0.1) is 10.7 Å². The molecule has 0 amide bonds. The molecular formula is C16H24N2S2. The number of nitrogens with zero attached hydrogens (tertiary/aromatic N) is 1. The molecule has 2 nitrogen and oxygen atoms in total. The van der Waals surface area contributed by atoms with Crippen LogP contribution in [0.15, 0.2) is 17.5 Å². The van der Waals surface area contributed by atoms with Crippen LogP contribution in [0.4, 0.5) is 0 Å². The van der Waals surface area contributed by atoms with Crippen molar-refractivity contribution in [3.05, 3.63) is 38.0 Å². The molecule has 2 rings (SSSR count). The Labute approximate surface area is 130 Å². The van der Waals surface area contributed by atoms with Crippen LogP contribution >= 0.6 is 22.7 Å². The van der Waals surface area contributed by atoms with Gasteiger partial charge in [0, 0.05) is 33.0 Å². The normalized spacial score (nSPS) is 13.7. The van der Waals surface area contributed by atoms with E-state index in [4.69, 9.17) is 4.98 Å². The first-order chi connectivity index (χ1) is 9.40. The molecule has 1 N–H and O–H groups in total. The molecule has 0 aliphatic rings. The highest BCUT2D eigenvalue weighted by molar-refractivity contribution is 7.12. The smallest absolute Gasteiger partial charge is 0.0947 e. The molecule has 0 aliphatic carbocycles. The lowest BCUT2D eigenvalue weighted by atomic mass is 9.93. The van der Waals surface area contributed by atoms with Crippen molar-refractivity contribution in [3.63, 3.8) is 0 Å². The molecule has 0 fully saturated rings. The summed E-state index contributed by atoms with van der Waals surface area (Å²) in [7, 11) is 0. The number of thiazole rings is 1. The summed E-state index contributed by atoms with van der Waals surface area (Å²) in [6.07, 6.45) is 0.981. The molecular weight excluding hydrogens is 284 g/mol. The van der Waals surface area contributed by atoms with Crippen LogP contribution in [0.2, 0.25) is 0 Å². The molecule has 4 heteroatoms. The molecule has 0 aliphatic heterocycles. The van der Waals surface area contributed by atoms with Crippen LogP contribution in [-0.4, -0.2) is 11.5 Å². The van der Waals surface area contributed by atoms with Gasteiger partial charge in [-0.3, -0.25) is 0 Å². The third-order valence-electron chi connectivity index (χ3n) is 3.25. The van der Waals surface area contributed by atoms with E-state index in [9.17, 15) is 0 Å². The second kappa shape index (κ2) is 6.37. The van der Waals surface area contributed by atoms with Gasteiger partial charge in [-0.15, -0.1) is 22.7 Å². The Morgan fingerprint density at radius 3 is 2.55 bits per heavy atom. The SMILES string of the molecule is CCNC(Cc1nc(C(C)(C)C)cs1)c1ccc(C)s1. The molecule has 1 atom stereocenters. The summed E-state index contributed by atoms with van der Waals surface area (Å²) in [5.74, 6) is 0. The lowest BCUT2D eigenvalue weighted by Crippen LogP contribution is -2.22. The number of hydrogen-bond acceptors (Lipinski definition) is 4. The summed E-state index contributed by atoms with van der Waals surface area (Å²) in [5.41, 5.74) is 1.34. The van der Waals surface area contributed by atoms with Crippen molar-refractivity contribution in [1.82, 2.24) is 10.3 Å². The minimum Gasteiger partial charge on any atom is -0.309 e. The fraction of sp³-hybridized carbons (Fsp3) is 0.562.